The van der Waals surface area contributed by atoms with Crippen molar-refractivity contribution in [2.45, 2.75) is 19.4 Å². The second kappa shape index (κ2) is 7.08. The molecule has 1 aliphatic rings. The van der Waals surface area contributed by atoms with Crippen LogP contribution in [0.3, 0.4) is 0 Å². The second-order valence-electron chi connectivity index (χ2n) is 5.29. The Kier molecular flexibility index (Phi) is 5.16. The maximum atomic E-state index is 11.7. The summed E-state index contributed by atoms with van der Waals surface area (Å²) in [6.07, 6.45) is 0.0556. The third-order valence-electron chi connectivity index (χ3n) is 3.53. The molecule has 1 heterocycles. The number of hydrogen-bond acceptors (Lipinski definition) is 4. The van der Waals surface area contributed by atoms with Crippen LogP contribution in [0.25, 0.3) is 0 Å². The van der Waals surface area contributed by atoms with Crippen molar-refractivity contribution in [2.75, 3.05) is 19.8 Å². The van der Waals surface area contributed by atoms with Gasteiger partial charge in [-0.05, 0) is 12.0 Å². The third-order valence-corrected chi connectivity index (χ3v) is 3.53. The molecule has 0 bridgehead atoms. The maximum absolute atomic E-state index is 11.7. The van der Waals surface area contributed by atoms with E-state index in [4.69, 9.17) is 14.6 Å². The number of aliphatic carboxylic acids is 1. The number of alkyl carbamates (subject to hydrolysis) is 1. The van der Waals surface area contributed by atoms with E-state index >= 15 is 0 Å². The van der Waals surface area contributed by atoms with Crippen molar-refractivity contribution in [3.63, 3.8) is 0 Å². The molecule has 1 atom stereocenters. The average Bonchev–Trinajstić information content (AvgIpc) is 2.92. The standard InChI is InChI=1S/C15H19NO5/c17-13(18)8-15(6-7-20-11-15)10-16-14(19)21-9-12-4-2-1-3-5-12/h1-5H,6-11H2,(H,16,19)(H,17,18). The summed E-state index contributed by atoms with van der Waals surface area (Å²) >= 11 is 0. The van der Waals surface area contributed by atoms with Crippen molar-refractivity contribution in [1.29, 1.82) is 0 Å². The van der Waals surface area contributed by atoms with Gasteiger partial charge in [0, 0.05) is 18.6 Å². The van der Waals surface area contributed by atoms with Gasteiger partial charge in [-0.15, -0.1) is 0 Å². The van der Waals surface area contributed by atoms with Gasteiger partial charge in [0.25, 0.3) is 0 Å². The van der Waals surface area contributed by atoms with Crippen molar-refractivity contribution in [1.82, 2.24) is 5.32 Å². The van der Waals surface area contributed by atoms with Crippen LogP contribution in [-0.4, -0.2) is 36.9 Å². The Morgan fingerprint density at radius 2 is 2.10 bits per heavy atom. The number of carbonyl (C=O) groups is 2. The van der Waals surface area contributed by atoms with Crippen molar-refractivity contribution < 1.29 is 24.2 Å². The summed E-state index contributed by atoms with van der Waals surface area (Å²) in [6.45, 7) is 1.30. The minimum atomic E-state index is -0.889. The minimum absolute atomic E-state index is 0.0219. The van der Waals surface area contributed by atoms with Crippen LogP contribution < -0.4 is 5.32 Å². The van der Waals surface area contributed by atoms with Gasteiger partial charge in [0.1, 0.15) is 6.61 Å². The second-order valence-corrected chi connectivity index (χ2v) is 5.29. The summed E-state index contributed by atoms with van der Waals surface area (Å²) < 4.78 is 10.4. The van der Waals surface area contributed by atoms with E-state index in [1.165, 1.54) is 0 Å². The van der Waals surface area contributed by atoms with E-state index in [1.54, 1.807) is 0 Å². The fourth-order valence-corrected chi connectivity index (χ4v) is 2.35. The molecule has 0 radical (unpaired) electrons. The fourth-order valence-electron chi connectivity index (χ4n) is 2.35. The average molecular weight is 293 g/mol. The van der Waals surface area contributed by atoms with E-state index in [0.29, 0.717) is 19.6 Å². The van der Waals surface area contributed by atoms with Gasteiger partial charge in [-0.2, -0.15) is 0 Å². The normalized spacial score (nSPS) is 21.0. The number of nitrogens with one attached hydrogen (secondary N) is 1. The summed E-state index contributed by atoms with van der Waals surface area (Å²) in [5.74, 6) is -0.889. The van der Waals surface area contributed by atoms with Gasteiger partial charge < -0.3 is 19.9 Å². The lowest BCUT2D eigenvalue weighted by Crippen LogP contribution is -2.39. The first kappa shape index (κ1) is 15.3. The Balaban J connectivity index is 1.78. The molecule has 1 fully saturated rings. The van der Waals surface area contributed by atoms with Crippen LogP contribution in [0.5, 0.6) is 0 Å². The molecule has 1 aliphatic heterocycles. The fraction of sp³-hybridized carbons (Fsp3) is 0.467. The van der Waals surface area contributed by atoms with Gasteiger partial charge >= 0.3 is 12.1 Å². The first-order valence-corrected chi connectivity index (χ1v) is 6.84. The highest BCUT2D eigenvalue weighted by Gasteiger charge is 2.37. The Hall–Kier alpha value is -2.08. The molecular weight excluding hydrogens is 274 g/mol. The van der Waals surface area contributed by atoms with Gasteiger partial charge in [-0.1, -0.05) is 30.3 Å². The molecule has 0 saturated carbocycles. The van der Waals surface area contributed by atoms with E-state index in [2.05, 4.69) is 5.32 Å². The van der Waals surface area contributed by atoms with E-state index < -0.39 is 17.5 Å². The van der Waals surface area contributed by atoms with Crippen LogP contribution in [0.1, 0.15) is 18.4 Å². The number of ether oxygens (including phenoxy) is 2. The minimum Gasteiger partial charge on any atom is -0.481 e. The highest BCUT2D eigenvalue weighted by molar-refractivity contribution is 5.69. The molecule has 6 nitrogen and oxygen atoms in total. The lowest BCUT2D eigenvalue weighted by molar-refractivity contribution is -0.139. The van der Waals surface area contributed by atoms with Crippen LogP contribution in [0.15, 0.2) is 30.3 Å². The number of amides is 1. The number of carboxylic acids is 1. The predicted octanol–water partition coefficient (Wildman–Crippen LogP) is 1.79. The molecule has 0 aromatic heterocycles. The molecule has 1 amide bonds. The summed E-state index contributed by atoms with van der Waals surface area (Å²) in [6, 6.07) is 9.36. The summed E-state index contributed by atoms with van der Waals surface area (Å²) in [4.78, 5) is 22.6. The zero-order valence-corrected chi connectivity index (χ0v) is 11.7. The SMILES string of the molecule is O=C(O)CC1(CNC(=O)OCc2ccccc2)CCOC1. The number of hydrogen-bond donors (Lipinski definition) is 2. The molecule has 1 aromatic rings. The van der Waals surface area contributed by atoms with Crippen LogP contribution in [0.4, 0.5) is 4.79 Å². The molecule has 6 heteroatoms. The first-order chi connectivity index (χ1) is 10.1. The molecule has 1 saturated heterocycles. The summed E-state index contributed by atoms with van der Waals surface area (Å²) in [5, 5.41) is 11.6. The van der Waals surface area contributed by atoms with Gasteiger partial charge in [0.05, 0.1) is 13.0 Å². The topological polar surface area (TPSA) is 84.9 Å². The quantitative estimate of drug-likeness (QED) is 0.835. The van der Waals surface area contributed by atoms with E-state index in [9.17, 15) is 9.59 Å². The predicted molar refractivity (Wildman–Crippen MR) is 74.8 cm³/mol. The van der Waals surface area contributed by atoms with Crippen molar-refractivity contribution in [3.8, 4) is 0 Å². The smallest absolute Gasteiger partial charge is 0.407 e. The lowest BCUT2D eigenvalue weighted by Gasteiger charge is -2.25. The van der Waals surface area contributed by atoms with Crippen molar-refractivity contribution in [2.24, 2.45) is 5.41 Å². The molecule has 21 heavy (non-hydrogen) atoms. The van der Waals surface area contributed by atoms with Crippen LogP contribution in [0, 0.1) is 5.41 Å². The van der Waals surface area contributed by atoms with Gasteiger partial charge in [-0.25, -0.2) is 4.79 Å². The van der Waals surface area contributed by atoms with Gasteiger partial charge in [0.2, 0.25) is 0 Å². The number of rotatable bonds is 6. The van der Waals surface area contributed by atoms with Crippen molar-refractivity contribution in [3.05, 3.63) is 35.9 Å². The van der Waals surface area contributed by atoms with E-state index in [0.717, 1.165) is 5.56 Å². The molecule has 0 spiro atoms. The molecule has 114 valence electrons. The van der Waals surface area contributed by atoms with Crippen LogP contribution >= 0.6 is 0 Å². The molecule has 1 unspecified atom stereocenters. The lowest BCUT2D eigenvalue weighted by atomic mass is 9.84. The Bertz CT molecular complexity index is 482. The zero-order valence-electron chi connectivity index (χ0n) is 11.7. The molecule has 1 aromatic carbocycles. The summed E-state index contributed by atoms with van der Waals surface area (Å²) in [5.41, 5.74) is 0.370. The Morgan fingerprint density at radius 3 is 2.71 bits per heavy atom. The largest absolute Gasteiger partial charge is 0.481 e. The van der Waals surface area contributed by atoms with Gasteiger partial charge in [0.15, 0.2) is 0 Å². The van der Waals surface area contributed by atoms with Crippen molar-refractivity contribution >= 4 is 12.1 Å². The summed E-state index contributed by atoms with van der Waals surface area (Å²) in [7, 11) is 0. The monoisotopic (exact) mass is 293 g/mol. The molecular formula is C15H19NO5. The first-order valence-electron chi connectivity index (χ1n) is 6.84. The molecule has 2 N–H and O–H groups in total. The molecule has 0 aliphatic carbocycles. The third kappa shape index (κ3) is 4.75. The van der Waals surface area contributed by atoms with Crippen LogP contribution in [-0.2, 0) is 20.9 Å². The highest BCUT2D eigenvalue weighted by Crippen LogP contribution is 2.31. The zero-order chi connectivity index (χ0) is 15.1. The Labute approximate surface area is 123 Å². The molecule has 2 rings (SSSR count). The highest BCUT2D eigenvalue weighted by atomic mass is 16.5. The maximum Gasteiger partial charge on any atom is 0.407 e. The van der Waals surface area contributed by atoms with E-state index in [1.807, 2.05) is 30.3 Å². The van der Waals surface area contributed by atoms with E-state index in [-0.39, 0.29) is 19.6 Å². The van der Waals surface area contributed by atoms with Gasteiger partial charge in [-0.3, -0.25) is 4.79 Å². The number of carboxylic acid groups (broad SMARTS) is 1. The number of benzene rings is 1. The Morgan fingerprint density at radius 1 is 1.33 bits per heavy atom. The number of carbonyl (C=O) groups excluding carboxylic acids is 1. The van der Waals surface area contributed by atoms with Crippen LogP contribution in [0.2, 0.25) is 0 Å².